The molecule has 4 nitrogen and oxygen atoms in total. The second kappa shape index (κ2) is 4.26. The number of aryl methyl sites for hydroxylation is 2. The number of rotatable bonds is 2. The van der Waals surface area contributed by atoms with Crippen molar-refractivity contribution in [2.75, 3.05) is 0 Å². The Morgan fingerprint density at radius 1 is 1.33 bits per heavy atom. The van der Waals surface area contributed by atoms with E-state index in [0.29, 0.717) is 0 Å². The van der Waals surface area contributed by atoms with Gasteiger partial charge in [-0.2, -0.15) is 5.10 Å². The molecule has 0 aromatic carbocycles. The molecule has 0 saturated carbocycles. The van der Waals surface area contributed by atoms with Gasteiger partial charge in [0.15, 0.2) is 0 Å². The number of nitrogens with zero attached hydrogens (tertiary/aromatic N) is 3. The summed E-state index contributed by atoms with van der Waals surface area (Å²) in [5.74, 6) is 0. The van der Waals surface area contributed by atoms with E-state index >= 15 is 0 Å². The van der Waals surface area contributed by atoms with E-state index in [2.05, 4.69) is 43.4 Å². The summed E-state index contributed by atoms with van der Waals surface area (Å²) in [6.45, 7) is 9.52. The SMILES string of the molecule is CCCn1c(C(C)(C)C)cc2cnn(C)c(=O)c21. The highest BCUT2D eigenvalue weighted by Gasteiger charge is 2.22. The van der Waals surface area contributed by atoms with E-state index < -0.39 is 0 Å². The van der Waals surface area contributed by atoms with Gasteiger partial charge >= 0.3 is 0 Å². The normalized spacial score (nSPS) is 12.3. The zero-order valence-electron chi connectivity index (χ0n) is 11.8. The fraction of sp³-hybridized carbons (Fsp3) is 0.571. The molecule has 0 spiro atoms. The van der Waals surface area contributed by atoms with E-state index in [1.54, 1.807) is 13.2 Å². The van der Waals surface area contributed by atoms with Crippen LogP contribution in [0.15, 0.2) is 17.1 Å². The fourth-order valence-corrected chi connectivity index (χ4v) is 2.34. The van der Waals surface area contributed by atoms with Crippen molar-refractivity contribution in [1.82, 2.24) is 14.3 Å². The van der Waals surface area contributed by atoms with Gasteiger partial charge in [-0.3, -0.25) is 4.79 Å². The average Bonchev–Trinajstić information content (AvgIpc) is 2.64. The third kappa shape index (κ3) is 1.96. The zero-order valence-corrected chi connectivity index (χ0v) is 11.8. The third-order valence-electron chi connectivity index (χ3n) is 3.21. The van der Waals surface area contributed by atoms with E-state index in [-0.39, 0.29) is 11.0 Å². The maximum atomic E-state index is 12.2. The second-order valence-corrected chi connectivity index (χ2v) is 5.81. The lowest BCUT2D eigenvalue weighted by atomic mass is 9.92. The van der Waals surface area contributed by atoms with Crippen molar-refractivity contribution >= 4 is 10.9 Å². The average molecular weight is 247 g/mol. The fourth-order valence-electron chi connectivity index (χ4n) is 2.34. The molecule has 98 valence electrons. The lowest BCUT2D eigenvalue weighted by Gasteiger charge is -2.21. The predicted octanol–water partition coefficient (Wildman–Crippen LogP) is 2.44. The molecule has 0 radical (unpaired) electrons. The van der Waals surface area contributed by atoms with E-state index in [1.165, 1.54) is 10.4 Å². The van der Waals surface area contributed by atoms with Crippen molar-refractivity contribution < 1.29 is 0 Å². The van der Waals surface area contributed by atoms with Gasteiger partial charge in [0.25, 0.3) is 5.56 Å². The number of aromatic nitrogens is 3. The molecule has 18 heavy (non-hydrogen) atoms. The third-order valence-corrected chi connectivity index (χ3v) is 3.21. The lowest BCUT2D eigenvalue weighted by Crippen LogP contribution is -2.23. The summed E-state index contributed by atoms with van der Waals surface area (Å²) in [6.07, 6.45) is 2.79. The van der Waals surface area contributed by atoms with Gasteiger partial charge in [-0.1, -0.05) is 27.7 Å². The highest BCUT2D eigenvalue weighted by molar-refractivity contribution is 5.79. The van der Waals surface area contributed by atoms with Crippen LogP contribution < -0.4 is 5.56 Å². The Bertz CT molecular complexity index is 629. The molecule has 0 amide bonds. The summed E-state index contributed by atoms with van der Waals surface area (Å²) < 4.78 is 3.56. The van der Waals surface area contributed by atoms with Crippen LogP contribution in [0.1, 0.15) is 39.8 Å². The van der Waals surface area contributed by atoms with Crippen LogP contribution in [-0.2, 0) is 19.0 Å². The quantitative estimate of drug-likeness (QED) is 0.817. The van der Waals surface area contributed by atoms with Gasteiger partial charge in [-0.15, -0.1) is 0 Å². The molecule has 4 heteroatoms. The molecule has 0 saturated heterocycles. The van der Waals surface area contributed by atoms with Crippen LogP contribution in [-0.4, -0.2) is 14.3 Å². The van der Waals surface area contributed by atoms with Gasteiger partial charge in [0.1, 0.15) is 5.52 Å². The molecule has 0 aliphatic carbocycles. The Labute approximate surface area is 107 Å². The molecule has 2 aromatic rings. The van der Waals surface area contributed by atoms with Crippen LogP contribution in [0.4, 0.5) is 0 Å². The molecular formula is C14H21N3O. The summed E-state index contributed by atoms with van der Waals surface area (Å²) in [5.41, 5.74) is 1.99. The maximum Gasteiger partial charge on any atom is 0.290 e. The topological polar surface area (TPSA) is 39.8 Å². The lowest BCUT2D eigenvalue weighted by molar-refractivity contribution is 0.519. The minimum Gasteiger partial charge on any atom is -0.340 e. The van der Waals surface area contributed by atoms with E-state index in [4.69, 9.17) is 0 Å². The van der Waals surface area contributed by atoms with Crippen LogP contribution in [0.25, 0.3) is 10.9 Å². The number of fused-ring (bicyclic) bond motifs is 1. The molecule has 2 aromatic heterocycles. The highest BCUT2D eigenvalue weighted by atomic mass is 16.1. The van der Waals surface area contributed by atoms with Crippen LogP contribution in [0.5, 0.6) is 0 Å². The van der Waals surface area contributed by atoms with Gasteiger partial charge in [0.05, 0.1) is 6.20 Å². The molecule has 0 unspecified atom stereocenters. The zero-order chi connectivity index (χ0) is 13.5. The molecule has 0 aliphatic rings. The van der Waals surface area contributed by atoms with Gasteiger partial charge < -0.3 is 4.57 Å². The molecule has 0 N–H and O–H groups in total. The highest BCUT2D eigenvalue weighted by Crippen LogP contribution is 2.27. The molecule has 2 rings (SSSR count). The monoisotopic (exact) mass is 247 g/mol. The number of hydrogen-bond donors (Lipinski definition) is 0. The predicted molar refractivity (Wildman–Crippen MR) is 74.0 cm³/mol. The van der Waals surface area contributed by atoms with Crippen LogP contribution in [0, 0.1) is 0 Å². The standard InChI is InChI=1S/C14H21N3O/c1-6-7-17-11(14(2,3)4)8-10-9-15-16(5)13(18)12(10)17/h8-9H,6-7H2,1-5H3. The molecule has 0 aliphatic heterocycles. The first kappa shape index (κ1) is 12.9. The Hall–Kier alpha value is -1.58. The van der Waals surface area contributed by atoms with Crippen molar-refractivity contribution in [3.8, 4) is 0 Å². The van der Waals surface area contributed by atoms with E-state index in [9.17, 15) is 4.79 Å². The minimum absolute atomic E-state index is 0.0172. The first-order chi connectivity index (χ1) is 8.36. The van der Waals surface area contributed by atoms with Crippen molar-refractivity contribution in [3.63, 3.8) is 0 Å². The van der Waals surface area contributed by atoms with Gasteiger partial charge in [-0.05, 0) is 12.5 Å². The molecule has 0 bridgehead atoms. The Kier molecular flexibility index (Phi) is 3.05. The van der Waals surface area contributed by atoms with E-state index in [1.807, 2.05) is 0 Å². The van der Waals surface area contributed by atoms with Crippen molar-refractivity contribution in [2.24, 2.45) is 7.05 Å². The Morgan fingerprint density at radius 3 is 2.56 bits per heavy atom. The molecular weight excluding hydrogens is 226 g/mol. The van der Waals surface area contributed by atoms with E-state index in [0.717, 1.165) is 23.9 Å². The Morgan fingerprint density at radius 2 is 2.00 bits per heavy atom. The second-order valence-electron chi connectivity index (χ2n) is 5.81. The Balaban J connectivity index is 2.86. The smallest absolute Gasteiger partial charge is 0.290 e. The van der Waals surface area contributed by atoms with Gasteiger partial charge in [0, 0.05) is 30.1 Å². The van der Waals surface area contributed by atoms with Crippen molar-refractivity contribution in [3.05, 3.63) is 28.3 Å². The molecule has 2 heterocycles. The summed E-state index contributed by atoms with van der Waals surface area (Å²) in [6, 6.07) is 2.10. The van der Waals surface area contributed by atoms with Crippen molar-refractivity contribution in [1.29, 1.82) is 0 Å². The number of hydrogen-bond acceptors (Lipinski definition) is 2. The van der Waals surface area contributed by atoms with Gasteiger partial charge in [-0.25, -0.2) is 4.68 Å². The summed E-state index contributed by atoms with van der Waals surface area (Å²) in [7, 11) is 1.70. The summed E-state index contributed by atoms with van der Waals surface area (Å²) in [4.78, 5) is 12.2. The van der Waals surface area contributed by atoms with Gasteiger partial charge in [0.2, 0.25) is 0 Å². The van der Waals surface area contributed by atoms with Crippen LogP contribution in [0.2, 0.25) is 0 Å². The van der Waals surface area contributed by atoms with Crippen molar-refractivity contribution in [2.45, 2.75) is 46.1 Å². The van der Waals surface area contributed by atoms with Crippen LogP contribution in [0.3, 0.4) is 0 Å². The largest absolute Gasteiger partial charge is 0.340 e. The molecule has 0 fully saturated rings. The summed E-state index contributed by atoms with van der Waals surface area (Å²) in [5, 5.41) is 5.04. The maximum absolute atomic E-state index is 12.2. The summed E-state index contributed by atoms with van der Waals surface area (Å²) >= 11 is 0. The molecule has 0 atom stereocenters. The van der Waals surface area contributed by atoms with Crippen LogP contribution >= 0.6 is 0 Å². The first-order valence-electron chi connectivity index (χ1n) is 6.42. The first-order valence-corrected chi connectivity index (χ1v) is 6.42. The minimum atomic E-state index is -0.0172.